The van der Waals surface area contributed by atoms with Crippen LogP contribution >= 0.6 is 0 Å². The van der Waals surface area contributed by atoms with Crippen LogP contribution in [0.25, 0.3) is 0 Å². The molecule has 1 aliphatic rings. The van der Waals surface area contributed by atoms with Crippen molar-refractivity contribution in [1.82, 2.24) is 20.3 Å². The number of amides is 1. The normalized spacial score (nSPS) is 16.4. The second kappa shape index (κ2) is 10.0. The predicted octanol–water partition coefficient (Wildman–Crippen LogP) is 2.47. The van der Waals surface area contributed by atoms with Crippen molar-refractivity contribution < 1.29 is 15.1 Å². The fourth-order valence-corrected chi connectivity index (χ4v) is 4.19. The molecule has 170 valence electrons. The van der Waals surface area contributed by atoms with Gasteiger partial charge in [0.05, 0.1) is 6.10 Å². The first-order chi connectivity index (χ1) is 15.9. The van der Waals surface area contributed by atoms with Gasteiger partial charge in [0.25, 0.3) is 5.91 Å². The molecule has 0 radical (unpaired) electrons. The number of rotatable bonds is 6. The summed E-state index contributed by atoms with van der Waals surface area (Å²) in [5.41, 5.74) is 6.98. The molecule has 0 aliphatic heterocycles. The van der Waals surface area contributed by atoms with E-state index in [0.29, 0.717) is 0 Å². The highest BCUT2D eigenvalue weighted by molar-refractivity contribution is 5.81. The number of carbonyl (C=O) groups excluding carboxylic acids is 1. The Morgan fingerprint density at radius 1 is 1.21 bits per heavy atom. The molecule has 3 atom stereocenters. The number of nitrogens with zero attached hydrogens (tertiary/aromatic N) is 2. The van der Waals surface area contributed by atoms with Gasteiger partial charge in [0, 0.05) is 36.1 Å². The number of aliphatic hydroxyl groups is 1. The largest absolute Gasteiger partial charge is 0.391 e. The molecule has 2 aromatic carbocycles. The van der Waals surface area contributed by atoms with Crippen molar-refractivity contribution in [2.75, 3.05) is 0 Å². The molecular formula is C26H28N4O3. The van der Waals surface area contributed by atoms with E-state index in [1.54, 1.807) is 11.7 Å². The minimum Gasteiger partial charge on any atom is -0.391 e. The molecule has 3 aromatic rings. The Hall–Kier alpha value is -3.44. The van der Waals surface area contributed by atoms with Crippen LogP contribution in [0.15, 0.2) is 54.9 Å². The lowest BCUT2D eigenvalue weighted by Gasteiger charge is -2.24. The first-order valence-corrected chi connectivity index (χ1v) is 11.0. The van der Waals surface area contributed by atoms with Crippen molar-refractivity contribution in [3.8, 4) is 11.8 Å². The van der Waals surface area contributed by atoms with Crippen molar-refractivity contribution in [3.63, 3.8) is 0 Å². The molecule has 4 rings (SSSR count). The highest BCUT2D eigenvalue weighted by atomic mass is 16.5. The SMILES string of the molecule is Cc1nccn1Cc1ccc(C#Cc2ccc3c(c2)CC[C@@H]3N[C@H](C(=O)NO)[C@@H](C)O)cc1. The van der Waals surface area contributed by atoms with Crippen LogP contribution in [0.2, 0.25) is 0 Å². The fraction of sp³-hybridized carbons (Fsp3) is 0.308. The molecule has 1 aliphatic carbocycles. The molecule has 0 unspecified atom stereocenters. The molecule has 0 fully saturated rings. The van der Waals surface area contributed by atoms with Crippen molar-refractivity contribution in [2.45, 2.75) is 51.4 Å². The molecule has 33 heavy (non-hydrogen) atoms. The highest BCUT2D eigenvalue weighted by Crippen LogP contribution is 2.32. The van der Waals surface area contributed by atoms with Crippen LogP contribution in [-0.2, 0) is 17.8 Å². The molecule has 1 amide bonds. The number of benzene rings is 2. The maximum Gasteiger partial charge on any atom is 0.263 e. The Morgan fingerprint density at radius 3 is 2.61 bits per heavy atom. The van der Waals surface area contributed by atoms with E-state index in [2.05, 4.69) is 44.9 Å². The number of hydroxylamine groups is 1. The monoisotopic (exact) mass is 444 g/mol. The van der Waals surface area contributed by atoms with E-state index in [1.807, 2.05) is 37.4 Å². The summed E-state index contributed by atoms with van der Waals surface area (Å²) >= 11 is 0. The third-order valence-electron chi connectivity index (χ3n) is 6.06. The van der Waals surface area contributed by atoms with Crippen LogP contribution in [0.1, 0.15) is 53.0 Å². The van der Waals surface area contributed by atoms with E-state index >= 15 is 0 Å². The van der Waals surface area contributed by atoms with Crippen LogP contribution in [0, 0.1) is 18.8 Å². The Labute approximate surface area is 193 Å². The Morgan fingerprint density at radius 2 is 1.94 bits per heavy atom. The number of imidazole rings is 1. The second-order valence-electron chi connectivity index (χ2n) is 8.42. The smallest absolute Gasteiger partial charge is 0.263 e. The Balaban J connectivity index is 1.43. The minimum absolute atomic E-state index is 0.0643. The van der Waals surface area contributed by atoms with Gasteiger partial charge in [0.2, 0.25) is 0 Å². The van der Waals surface area contributed by atoms with Crippen LogP contribution in [0.3, 0.4) is 0 Å². The number of fused-ring (bicyclic) bond motifs is 1. The van der Waals surface area contributed by atoms with Crippen molar-refractivity contribution in [2.24, 2.45) is 0 Å². The van der Waals surface area contributed by atoms with E-state index < -0.39 is 18.1 Å². The molecule has 7 nitrogen and oxygen atoms in total. The van der Waals surface area contributed by atoms with Gasteiger partial charge in [-0.2, -0.15) is 0 Å². The second-order valence-corrected chi connectivity index (χ2v) is 8.42. The standard InChI is InChI=1S/C26H28N4O3/c1-17(31)25(26(32)29-33)28-24-12-10-22-15-20(9-11-23(22)24)6-3-19-4-7-21(8-5-19)16-30-14-13-27-18(30)2/h4-5,7-9,11,13-15,17,24-25,28,31,33H,10,12,16H2,1-2H3,(H,29,32)/t17-,24+,25+/m1/s1. The van der Waals surface area contributed by atoms with E-state index in [-0.39, 0.29) is 6.04 Å². The van der Waals surface area contributed by atoms with Crippen molar-refractivity contribution in [3.05, 3.63) is 88.5 Å². The number of aryl methyl sites for hydroxylation is 2. The first kappa shape index (κ1) is 22.7. The maximum absolute atomic E-state index is 11.8. The van der Waals surface area contributed by atoms with Gasteiger partial charge in [-0.25, -0.2) is 10.5 Å². The zero-order chi connectivity index (χ0) is 23.4. The zero-order valence-electron chi connectivity index (χ0n) is 18.7. The van der Waals surface area contributed by atoms with E-state index in [4.69, 9.17) is 5.21 Å². The van der Waals surface area contributed by atoms with Crippen molar-refractivity contribution in [1.29, 1.82) is 0 Å². The first-order valence-electron chi connectivity index (χ1n) is 11.0. The van der Waals surface area contributed by atoms with Crippen LogP contribution in [-0.4, -0.2) is 37.9 Å². The topological polar surface area (TPSA) is 99.4 Å². The van der Waals surface area contributed by atoms with E-state index in [0.717, 1.165) is 41.9 Å². The van der Waals surface area contributed by atoms with E-state index in [9.17, 15) is 9.90 Å². The number of hydrogen-bond acceptors (Lipinski definition) is 5. The van der Waals surface area contributed by atoms with Gasteiger partial charge < -0.3 is 9.67 Å². The van der Waals surface area contributed by atoms with Gasteiger partial charge in [-0.15, -0.1) is 0 Å². The van der Waals surface area contributed by atoms with Gasteiger partial charge >= 0.3 is 0 Å². The molecular weight excluding hydrogens is 416 g/mol. The maximum atomic E-state index is 11.8. The van der Waals surface area contributed by atoms with Crippen LogP contribution in [0.5, 0.6) is 0 Å². The summed E-state index contributed by atoms with van der Waals surface area (Å²) in [5, 5.41) is 22.0. The number of aliphatic hydroxyl groups excluding tert-OH is 1. The average molecular weight is 445 g/mol. The number of hydrogen-bond donors (Lipinski definition) is 4. The summed E-state index contributed by atoms with van der Waals surface area (Å²) in [6, 6.07) is 13.4. The number of carbonyl (C=O) groups is 1. The predicted molar refractivity (Wildman–Crippen MR) is 125 cm³/mol. The molecule has 4 N–H and O–H groups in total. The molecule has 0 saturated carbocycles. The number of aromatic nitrogens is 2. The molecule has 0 bridgehead atoms. The third kappa shape index (κ3) is 5.32. The van der Waals surface area contributed by atoms with Crippen LogP contribution in [0.4, 0.5) is 0 Å². The van der Waals surface area contributed by atoms with Gasteiger partial charge in [-0.1, -0.05) is 30.0 Å². The lowest BCUT2D eigenvalue weighted by molar-refractivity contribution is -0.134. The summed E-state index contributed by atoms with van der Waals surface area (Å²) < 4.78 is 2.10. The lowest BCUT2D eigenvalue weighted by Crippen LogP contribution is -2.50. The lowest BCUT2D eigenvalue weighted by atomic mass is 10.0. The molecule has 1 heterocycles. The van der Waals surface area contributed by atoms with E-state index in [1.165, 1.54) is 18.1 Å². The Kier molecular flexibility index (Phi) is 6.90. The third-order valence-corrected chi connectivity index (χ3v) is 6.06. The summed E-state index contributed by atoms with van der Waals surface area (Å²) in [4.78, 5) is 16.1. The zero-order valence-corrected chi connectivity index (χ0v) is 18.7. The summed E-state index contributed by atoms with van der Waals surface area (Å²) in [7, 11) is 0. The molecule has 1 aromatic heterocycles. The Bertz CT molecular complexity index is 1190. The summed E-state index contributed by atoms with van der Waals surface area (Å²) in [6.07, 6.45) is 4.52. The average Bonchev–Trinajstić information content (AvgIpc) is 3.41. The molecule has 0 saturated heterocycles. The fourth-order valence-electron chi connectivity index (χ4n) is 4.19. The summed E-state index contributed by atoms with van der Waals surface area (Å²) in [6.45, 7) is 4.30. The quantitative estimate of drug-likeness (QED) is 0.266. The van der Waals surface area contributed by atoms with Gasteiger partial charge in [-0.05, 0) is 67.6 Å². The minimum atomic E-state index is -0.929. The molecule has 0 spiro atoms. The molecule has 7 heteroatoms. The number of nitrogens with one attached hydrogen (secondary N) is 2. The van der Waals surface area contributed by atoms with Gasteiger partial charge in [-0.3, -0.25) is 15.3 Å². The van der Waals surface area contributed by atoms with Crippen LogP contribution < -0.4 is 10.8 Å². The van der Waals surface area contributed by atoms with Gasteiger partial charge in [0.1, 0.15) is 11.9 Å². The van der Waals surface area contributed by atoms with Gasteiger partial charge in [0.15, 0.2) is 0 Å². The summed E-state index contributed by atoms with van der Waals surface area (Å²) in [5.74, 6) is 6.82. The highest BCUT2D eigenvalue weighted by Gasteiger charge is 2.30. The van der Waals surface area contributed by atoms with Crippen molar-refractivity contribution >= 4 is 5.91 Å².